The molecule has 1 unspecified atom stereocenters. The smallest absolute Gasteiger partial charge is 0.169 e. The summed E-state index contributed by atoms with van der Waals surface area (Å²) in [7, 11) is 1.67. The minimum absolute atomic E-state index is 0.0915. The molecule has 6 rings (SSSR count). The molecule has 170 valence electrons. The zero-order valence-corrected chi connectivity index (χ0v) is 18.4. The monoisotopic (exact) mass is 450 g/mol. The van der Waals surface area contributed by atoms with E-state index in [1.54, 1.807) is 19.4 Å². The number of aryl methyl sites for hydroxylation is 1. The van der Waals surface area contributed by atoms with Crippen LogP contribution in [0.15, 0.2) is 18.5 Å². The zero-order valence-electron chi connectivity index (χ0n) is 18.4. The van der Waals surface area contributed by atoms with Crippen molar-refractivity contribution in [3.05, 3.63) is 47.3 Å². The van der Waals surface area contributed by atoms with Gasteiger partial charge < -0.3 is 20.9 Å². The Bertz CT molecular complexity index is 1390. The quantitative estimate of drug-likeness (QED) is 0.439. The number of anilines is 2. The molecule has 0 bridgehead atoms. The number of hydrogen-bond acceptors (Lipinski definition) is 7. The van der Waals surface area contributed by atoms with Crippen LogP contribution in [0.25, 0.3) is 21.9 Å². The van der Waals surface area contributed by atoms with Crippen LogP contribution in [-0.4, -0.2) is 51.1 Å². The summed E-state index contributed by atoms with van der Waals surface area (Å²) in [5, 5.41) is 3.59. The Morgan fingerprint density at radius 1 is 1.21 bits per heavy atom. The molecule has 1 saturated carbocycles. The van der Waals surface area contributed by atoms with E-state index in [1.807, 2.05) is 6.92 Å². The van der Waals surface area contributed by atoms with Gasteiger partial charge in [0.25, 0.3) is 0 Å². The Balaban J connectivity index is 1.53. The normalized spacial score (nSPS) is 19.2. The third-order valence-electron chi connectivity index (χ3n) is 7.17. The first-order valence-corrected chi connectivity index (χ1v) is 11.0. The molecule has 4 N–H and O–H groups in total. The predicted molar refractivity (Wildman–Crippen MR) is 122 cm³/mol. The maximum absolute atomic E-state index is 15.1. The van der Waals surface area contributed by atoms with Crippen LogP contribution >= 0.6 is 0 Å². The van der Waals surface area contributed by atoms with Gasteiger partial charge in [-0.25, -0.2) is 28.7 Å². The molecule has 3 aromatic heterocycles. The second-order valence-corrected chi connectivity index (χ2v) is 9.21. The van der Waals surface area contributed by atoms with Crippen LogP contribution in [0.1, 0.15) is 30.1 Å². The van der Waals surface area contributed by atoms with Crippen molar-refractivity contribution in [2.45, 2.75) is 32.2 Å². The number of nitrogens with one attached hydrogen (secondary N) is 2. The Morgan fingerprint density at radius 2 is 1.97 bits per heavy atom. The van der Waals surface area contributed by atoms with Gasteiger partial charge in [0.1, 0.15) is 23.1 Å². The minimum atomic E-state index is -0.916. The number of hydrogen-bond donors (Lipinski definition) is 3. The van der Waals surface area contributed by atoms with E-state index in [4.69, 9.17) is 10.7 Å². The second-order valence-electron chi connectivity index (χ2n) is 9.21. The predicted octanol–water partition coefficient (Wildman–Crippen LogP) is 3.05. The van der Waals surface area contributed by atoms with Crippen LogP contribution in [0.3, 0.4) is 0 Å². The molecule has 1 spiro atoms. The van der Waals surface area contributed by atoms with Crippen molar-refractivity contribution >= 4 is 33.4 Å². The number of aromatic nitrogens is 5. The summed E-state index contributed by atoms with van der Waals surface area (Å²) in [4.78, 5) is 23.3. The number of aromatic amines is 1. The lowest BCUT2D eigenvalue weighted by molar-refractivity contribution is 0.0560. The Kier molecular flexibility index (Phi) is 4.32. The molecule has 1 aliphatic heterocycles. The van der Waals surface area contributed by atoms with Gasteiger partial charge in [0.15, 0.2) is 11.6 Å². The molecule has 1 aromatic carbocycles. The summed E-state index contributed by atoms with van der Waals surface area (Å²) in [5.41, 5.74) is 8.63. The van der Waals surface area contributed by atoms with Gasteiger partial charge in [0.2, 0.25) is 0 Å². The zero-order chi connectivity index (χ0) is 22.9. The molecule has 2 fully saturated rings. The molecule has 0 amide bonds. The highest BCUT2D eigenvalue weighted by Crippen LogP contribution is 2.50. The summed E-state index contributed by atoms with van der Waals surface area (Å²) >= 11 is 0. The van der Waals surface area contributed by atoms with Crippen molar-refractivity contribution in [3.63, 3.8) is 0 Å². The molecular formula is C23H24F2N8. The molecule has 1 aliphatic carbocycles. The summed E-state index contributed by atoms with van der Waals surface area (Å²) < 4.78 is 29.5. The fourth-order valence-corrected chi connectivity index (χ4v) is 5.10. The van der Waals surface area contributed by atoms with Crippen molar-refractivity contribution in [1.29, 1.82) is 0 Å². The van der Waals surface area contributed by atoms with Crippen LogP contribution in [0.2, 0.25) is 0 Å². The summed E-state index contributed by atoms with van der Waals surface area (Å²) in [6.07, 6.45) is 6.02. The summed E-state index contributed by atoms with van der Waals surface area (Å²) in [6.45, 7) is 3.32. The lowest BCUT2D eigenvalue weighted by Gasteiger charge is -2.60. The van der Waals surface area contributed by atoms with E-state index in [0.29, 0.717) is 46.1 Å². The first-order chi connectivity index (χ1) is 15.9. The maximum atomic E-state index is 15.1. The molecule has 2 aliphatic rings. The molecule has 10 heteroatoms. The third kappa shape index (κ3) is 2.97. The van der Waals surface area contributed by atoms with Crippen LogP contribution < -0.4 is 16.0 Å². The molecule has 4 heterocycles. The van der Waals surface area contributed by atoms with Crippen molar-refractivity contribution < 1.29 is 8.78 Å². The van der Waals surface area contributed by atoms with E-state index >= 15 is 4.39 Å². The average Bonchev–Trinajstić information content (AvgIpc) is 3.15. The molecule has 1 saturated heterocycles. The van der Waals surface area contributed by atoms with Gasteiger partial charge in [-0.1, -0.05) is 0 Å². The second kappa shape index (κ2) is 7.05. The maximum Gasteiger partial charge on any atom is 0.169 e. The van der Waals surface area contributed by atoms with Crippen LogP contribution in [0.4, 0.5) is 20.3 Å². The third-order valence-corrected chi connectivity index (χ3v) is 7.17. The number of fused-ring (bicyclic) bond motifs is 3. The van der Waals surface area contributed by atoms with Gasteiger partial charge in [-0.05, 0) is 25.3 Å². The number of rotatable bonds is 4. The number of benzene rings is 1. The Hall–Kier alpha value is -3.40. The van der Waals surface area contributed by atoms with Gasteiger partial charge in [-0.2, -0.15) is 0 Å². The van der Waals surface area contributed by atoms with Crippen molar-refractivity contribution in [2.24, 2.45) is 11.1 Å². The fourth-order valence-electron chi connectivity index (χ4n) is 5.10. The van der Waals surface area contributed by atoms with Crippen molar-refractivity contribution in [2.75, 3.05) is 30.4 Å². The molecule has 4 aromatic rings. The summed E-state index contributed by atoms with van der Waals surface area (Å²) in [5.74, 6) is 0.0232. The van der Waals surface area contributed by atoms with Gasteiger partial charge >= 0.3 is 0 Å². The number of halogens is 2. The van der Waals surface area contributed by atoms with E-state index in [2.05, 4.69) is 30.2 Å². The van der Waals surface area contributed by atoms with Gasteiger partial charge in [0.05, 0.1) is 22.0 Å². The standard InChI is InChI=1S/C23H24F2N8/c1-11-28-7-12(8-29-11)5-16-30-21-18(17-19(25)13(24)6-14(27-2)20(17)32-21)22(31-16)33-9-23(10-33)4-3-15(23)26/h6-8,15,27H,3-5,9-10,26H2,1-2H3,(H,30,31,32). The summed E-state index contributed by atoms with van der Waals surface area (Å²) in [6, 6.07) is 1.32. The van der Waals surface area contributed by atoms with E-state index < -0.39 is 11.6 Å². The number of nitrogens with two attached hydrogens (primary N) is 1. The van der Waals surface area contributed by atoms with Gasteiger partial charge in [-0.3, -0.25) is 0 Å². The van der Waals surface area contributed by atoms with Crippen molar-refractivity contribution in [1.82, 2.24) is 24.9 Å². The average molecular weight is 450 g/mol. The highest BCUT2D eigenvalue weighted by atomic mass is 19.2. The Morgan fingerprint density at radius 3 is 2.61 bits per heavy atom. The Labute approximate surface area is 188 Å². The first kappa shape index (κ1) is 20.2. The molecule has 0 radical (unpaired) electrons. The number of H-pyrrole nitrogens is 1. The van der Waals surface area contributed by atoms with Gasteiger partial charge in [-0.15, -0.1) is 0 Å². The lowest BCUT2D eigenvalue weighted by atomic mass is 9.60. The molecule has 8 nitrogen and oxygen atoms in total. The van der Waals surface area contributed by atoms with Crippen molar-refractivity contribution in [3.8, 4) is 0 Å². The number of nitrogens with zero attached hydrogens (tertiary/aromatic N) is 5. The van der Waals surface area contributed by atoms with E-state index in [-0.39, 0.29) is 16.8 Å². The minimum Gasteiger partial charge on any atom is -0.386 e. The topological polar surface area (TPSA) is 109 Å². The lowest BCUT2D eigenvalue weighted by Crippen LogP contribution is -2.69. The van der Waals surface area contributed by atoms with E-state index in [9.17, 15) is 4.39 Å². The van der Waals surface area contributed by atoms with Crippen LogP contribution in [0, 0.1) is 24.0 Å². The highest BCUT2D eigenvalue weighted by molar-refractivity contribution is 6.15. The van der Waals surface area contributed by atoms with Crippen LogP contribution in [0.5, 0.6) is 0 Å². The van der Waals surface area contributed by atoms with E-state index in [1.165, 1.54) is 0 Å². The largest absolute Gasteiger partial charge is 0.386 e. The molecule has 1 atom stereocenters. The highest BCUT2D eigenvalue weighted by Gasteiger charge is 2.54. The first-order valence-electron chi connectivity index (χ1n) is 11.0. The fraction of sp³-hybridized carbons (Fsp3) is 0.391. The van der Waals surface area contributed by atoms with E-state index in [0.717, 1.165) is 37.6 Å². The SMILES string of the molecule is CNc1cc(F)c(F)c2c1[nH]c1nc(Cc3cnc(C)nc3)nc(N3CC4(CCC4N)C3)c12. The molecule has 33 heavy (non-hydrogen) atoms. The van der Waals surface area contributed by atoms with Gasteiger partial charge in [0, 0.05) is 56.5 Å². The van der Waals surface area contributed by atoms with Crippen LogP contribution in [-0.2, 0) is 6.42 Å². The molecular weight excluding hydrogens is 426 g/mol.